The van der Waals surface area contributed by atoms with Crippen LogP contribution >= 0.6 is 23.2 Å². The molecule has 2 atom stereocenters. The molecule has 7 nitrogen and oxygen atoms in total. The SMILES string of the molecule is COC(=O)/C=C\c1cc(Cl)cc2c1OC1OC2Oc2c(/C=C\C(=O)OC)cc(Cl)cc21. The van der Waals surface area contributed by atoms with E-state index in [0.717, 1.165) is 0 Å². The molecule has 0 spiro atoms. The molecule has 0 amide bonds. The molecule has 4 rings (SSSR count). The van der Waals surface area contributed by atoms with Crippen molar-refractivity contribution in [1.82, 2.24) is 0 Å². The lowest BCUT2D eigenvalue weighted by Crippen LogP contribution is -2.31. The summed E-state index contributed by atoms with van der Waals surface area (Å²) in [6.07, 6.45) is 3.97. The molecule has 2 aromatic rings. The summed E-state index contributed by atoms with van der Waals surface area (Å²) in [5.74, 6) is -0.112. The van der Waals surface area contributed by atoms with Gasteiger partial charge in [-0.1, -0.05) is 23.2 Å². The standard InChI is InChI=1S/C22H16Cl2O7/c1-27-17(25)5-3-11-7-13(23)9-15-19(11)29-22-16-10-14(24)8-12(4-6-18(26)28-2)20(16)30-21(15)31-22/h3-10,21-22H,1-2H3/b5-3-,6-4-. The number of hydrogen-bond acceptors (Lipinski definition) is 7. The van der Waals surface area contributed by atoms with Crippen LogP contribution in [-0.4, -0.2) is 26.2 Å². The summed E-state index contributed by atoms with van der Waals surface area (Å²) in [5.41, 5.74) is 2.23. The van der Waals surface area contributed by atoms with Gasteiger partial charge in [-0.05, 0) is 36.4 Å². The Bertz CT molecular complexity index is 1040. The molecule has 0 aliphatic carbocycles. The van der Waals surface area contributed by atoms with Crippen LogP contribution in [0.2, 0.25) is 10.0 Å². The van der Waals surface area contributed by atoms with Gasteiger partial charge in [-0.3, -0.25) is 4.74 Å². The number of esters is 2. The van der Waals surface area contributed by atoms with E-state index < -0.39 is 24.5 Å². The fraction of sp³-hybridized carbons (Fsp3) is 0.182. The predicted octanol–water partition coefficient (Wildman–Crippen LogP) is 4.86. The molecule has 0 aromatic heterocycles. The van der Waals surface area contributed by atoms with Gasteiger partial charge in [-0.25, -0.2) is 9.59 Å². The van der Waals surface area contributed by atoms with Gasteiger partial charge in [0.1, 0.15) is 11.5 Å². The van der Waals surface area contributed by atoms with Crippen molar-refractivity contribution in [3.8, 4) is 11.5 Å². The van der Waals surface area contributed by atoms with Crippen molar-refractivity contribution in [2.75, 3.05) is 14.2 Å². The Morgan fingerprint density at radius 3 is 1.61 bits per heavy atom. The largest absolute Gasteiger partial charge is 0.466 e. The normalized spacial score (nSPS) is 18.7. The highest BCUT2D eigenvalue weighted by molar-refractivity contribution is 6.31. The van der Waals surface area contributed by atoms with Crippen LogP contribution in [-0.2, 0) is 23.8 Å². The number of halogens is 2. The summed E-state index contributed by atoms with van der Waals surface area (Å²) in [6.45, 7) is 0. The first-order valence-corrected chi connectivity index (χ1v) is 9.83. The van der Waals surface area contributed by atoms with Crippen LogP contribution in [0.5, 0.6) is 11.5 Å². The van der Waals surface area contributed by atoms with Gasteiger partial charge >= 0.3 is 11.9 Å². The van der Waals surface area contributed by atoms with E-state index in [0.29, 0.717) is 43.8 Å². The predicted molar refractivity (Wildman–Crippen MR) is 113 cm³/mol. The van der Waals surface area contributed by atoms with Gasteiger partial charge in [0.2, 0.25) is 12.6 Å². The number of ether oxygens (including phenoxy) is 5. The number of benzene rings is 2. The topological polar surface area (TPSA) is 80.3 Å². The van der Waals surface area contributed by atoms with Gasteiger partial charge in [0.05, 0.1) is 25.3 Å². The van der Waals surface area contributed by atoms with E-state index in [1.54, 1.807) is 36.4 Å². The fourth-order valence-electron chi connectivity index (χ4n) is 3.25. The van der Waals surface area contributed by atoms with Crippen LogP contribution < -0.4 is 9.47 Å². The minimum Gasteiger partial charge on any atom is -0.466 e. The Morgan fingerprint density at radius 2 is 1.23 bits per heavy atom. The first-order chi connectivity index (χ1) is 14.9. The molecular weight excluding hydrogens is 447 g/mol. The lowest BCUT2D eigenvalue weighted by atomic mass is 10.0. The number of methoxy groups -OCH3 is 2. The molecule has 0 saturated heterocycles. The zero-order valence-electron chi connectivity index (χ0n) is 16.4. The Labute approximate surface area is 187 Å². The summed E-state index contributed by atoms with van der Waals surface area (Å²) in [5, 5.41) is 0.815. The zero-order chi connectivity index (χ0) is 22.1. The first kappa shape index (κ1) is 21.2. The van der Waals surface area contributed by atoms with Crippen molar-refractivity contribution >= 4 is 47.3 Å². The highest BCUT2D eigenvalue weighted by Gasteiger charge is 2.40. The second-order valence-electron chi connectivity index (χ2n) is 6.58. The maximum absolute atomic E-state index is 11.5. The molecule has 2 aliphatic heterocycles. The van der Waals surface area contributed by atoms with Crippen molar-refractivity contribution in [2.45, 2.75) is 12.6 Å². The van der Waals surface area contributed by atoms with Gasteiger partial charge in [-0.2, -0.15) is 0 Å². The average Bonchev–Trinajstić information content (AvgIpc) is 2.76. The fourth-order valence-corrected chi connectivity index (χ4v) is 3.72. The van der Waals surface area contributed by atoms with E-state index in [-0.39, 0.29) is 0 Å². The van der Waals surface area contributed by atoms with Crippen LogP contribution in [0.25, 0.3) is 12.2 Å². The second-order valence-corrected chi connectivity index (χ2v) is 7.45. The molecule has 2 aromatic carbocycles. The molecule has 160 valence electrons. The maximum Gasteiger partial charge on any atom is 0.330 e. The molecule has 0 N–H and O–H groups in total. The van der Waals surface area contributed by atoms with E-state index in [1.165, 1.54) is 26.4 Å². The monoisotopic (exact) mass is 462 g/mol. The summed E-state index contributed by atoms with van der Waals surface area (Å²) >= 11 is 12.5. The van der Waals surface area contributed by atoms with Crippen molar-refractivity contribution in [2.24, 2.45) is 0 Å². The highest BCUT2D eigenvalue weighted by Crippen LogP contribution is 2.51. The van der Waals surface area contributed by atoms with Crippen molar-refractivity contribution in [3.63, 3.8) is 0 Å². The minimum atomic E-state index is -0.823. The van der Waals surface area contributed by atoms with Gasteiger partial charge in [0, 0.05) is 33.3 Å². The molecule has 2 bridgehead atoms. The third-order valence-electron chi connectivity index (χ3n) is 4.63. The van der Waals surface area contributed by atoms with Gasteiger partial charge in [-0.15, -0.1) is 0 Å². The molecule has 0 radical (unpaired) electrons. The summed E-state index contributed by atoms with van der Waals surface area (Å²) in [6, 6.07) is 6.64. The van der Waals surface area contributed by atoms with Crippen LogP contribution in [0, 0.1) is 0 Å². The number of carbonyl (C=O) groups is 2. The lowest BCUT2D eigenvalue weighted by Gasteiger charge is -2.39. The van der Waals surface area contributed by atoms with Gasteiger partial charge in [0.25, 0.3) is 0 Å². The van der Waals surface area contributed by atoms with Crippen molar-refractivity contribution in [1.29, 1.82) is 0 Å². The van der Waals surface area contributed by atoms with Crippen molar-refractivity contribution < 1.29 is 33.3 Å². The van der Waals surface area contributed by atoms with E-state index in [1.807, 2.05) is 0 Å². The number of fused-ring (bicyclic) bond motifs is 6. The quantitative estimate of drug-likeness (QED) is 0.473. The summed E-state index contributed by atoms with van der Waals surface area (Å²) in [7, 11) is 2.57. The van der Waals surface area contributed by atoms with Crippen LogP contribution in [0.1, 0.15) is 34.8 Å². The first-order valence-electron chi connectivity index (χ1n) is 9.07. The van der Waals surface area contributed by atoms with Gasteiger partial charge in [0.15, 0.2) is 0 Å². The lowest BCUT2D eigenvalue weighted by molar-refractivity contribution is -0.227. The average molecular weight is 463 g/mol. The highest BCUT2D eigenvalue weighted by atomic mass is 35.5. The number of carbonyl (C=O) groups excluding carboxylic acids is 2. The molecule has 0 fully saturated rings. The summed E-state index contributed by atoms with van der Waals surface area (Å²) in [4.78, 5) is 23.0. The molecule has 2 aliphatic rings. The molecule has 0 saturated carbocycles. The van der Waals surface area contributed by atoms with Crippen molar-refractivity contribution in [3.05, 3.63) is 68.7 Å². The molecular formula is C22H16Cl2O7. The zero-order valence-corrected chi connectivity index (χ0v) is 17.9. The van der Waals surface area contributed by atoms with Crippen LogP contribution in [0.3, 0.4) is 0 Å². The van der Waals surface area contributed by atoms with E-state index >= 15 is 0 Å². The smallest absolute Gasteiger partial charge is 0.330 e. The second kappa shape index (κ2) is 8.63. The third kappa shape index (κ3) is 4.25. The maximum atomic E-state index is 11.5. The molecule has 9 heteroatoms. The Kier molecular flexibility index (Phi) is 5.91. The van der Waals surface area contributed by atoms with E-state index in [9.17, 15) is 9.59 Å². The van der Waals surface area contributed by atoms with Crippen LogP contribution in [0.15, 0.2) is 36.4 Å². The van der Waals surface area contributed by atoms with Crippen LogP contribution in [0.4, 0.5) is 0 Å². The minimum absolute atomic E-state index is 0.408. The number of rotatable bonds is 4. The van der Waals surface area contributed by atoms with E-state index in [2.05, 4.69) is 9.47 Å². The summed E-state index contributed by atoms with van der Waals surface area (Å²) < 4.78 is 27.4. The van der Waals surface area contributed by atoms with E-state index in [4.69, 9.17) is 37.4 Å². The Morgan fingerprint density at radius 1 is 0.806 bits per heavy atom. The Hall–Kier alpha value is -3.00. The molecule has 31 heavy (non-hydrogen) atoms. The third-order valence-corrected chi connectivity index (χ3v) is 5.06. The molecule has 2 heterocycles. The molecule has 2 unspecified atom stereocenters. The van der Waals surface area contributed by atoms with Gasteiger partial charge < -0.3 is 18.9 Å². The number of hydrogen-bond donors (Lipinski definition) is 0. The Balaban J connectivity index is 1.77.